The van der Waals surface area contributed by atoms with Gasteiger partial charge in [0.25, 0.3) is 5.91 Å². The first-order valence-corrected chi connectivity index (χ1v) is 12.7. The van der Waals surface area contributed by atoms with Crippen LogP contribution in [0, 0.1) is 5.92 Å². The maximum Gasteiger partial charge on any atom is 0.253 e. The molecule has 1 atom stereocenters. The second kappa shape index (κ2) is 11.3. The molecule has 0 aliphatic carbocycles. The van der Waals surface area contributed by atoms with E-state index in [1.54, 1.807) is 12.5 Å². The number of likely N-dealkylation sites (tertiary alicyclic amines) is 1. The second-order valence-electron chi connectivity index (χ2n) is 9.68. The Labute approximate surface area is 213 Å². The van der Waals surface area contributed by atoms with Crippen LogP contribution in [0.5, 0.6) is 0 Å². The van der Waals surface area contributed by atoms with Gasteiger partial charge in [0.05, 0.1) is 6.33 Å². The van der Waals surface area contributed by atoms with Crippen LogP contribution in [0.3, 0.4) is 0 Å². The number of carbonyl (C=O) groups is 1. The number of hydrogen-bond acceptors (Lipinski definition) is 4. The Kier molecular flexibility index (Phi) is 7.52. The molecule has 0 N–H and O–H groups in total. The van der Waals surface area contributed by atoms with Crippen molar-refractivity contribution >= 4 is 5.91 Å². The standard InChI is InChI=1S/C30H33N5O/c1-33(22-25-8-5-15-31-21-25)29(20-24-6-3-2-4-7-24)26-13-17-34(18-14-26)30(36)27-9-11-28(12-10-27)35-19-16-32-23-35/h2-12,15-16,19,21,23,26,29H,13-14,17-18,20,22H2,1H3. The normalized spacial score (nSPS) is 15.2. The number of amides is 1. The van der Waals surface area contributed by atoms with Crippen molar-refractivity contribution in [3.63, 3.8) is 0 Å². The van der Waals surface area contributed by atoms with E-state index in [2.05, 4.69) is 58.3 Å². The topological polar surface area (TPSA) is 54.3 Å². The van der Waals surface area contributed by atoms with Gasteiger partial charge >= 0.3 is 0 Å². The quantitative estimate of drug-likeness (QED) is 0.362. The number of piperidine rings is 1. The first-order valence-electron chi connectivity index (χ1n) is 12.7. The zero-order chi connectivity index (χ0) is 24.7. The highest BCUT2D eigenvalue weighted by atomic mass is 16.2. The Balaban J connectivity index is 1.24. The third kappa shape index (κ3) is 5.71. The molecule has 6 heteroatoms. The molecule has 184 valence electrons. The number of rotatable bonds is 8. The molecule has 1 amide bonds. The largest absolute Gasteiger partial charge is 0.339 e. The average Bonchev–Trinajstić information content (AvgIpc) is 3.48. The van der Waals surface area contributed by atoms with Gasteiger partial charge in [-0.25, -0.2) is 4.98 Å². The van der Waals surface area contributed by atoms with E-state index in [9.17, 15) is 4.79 Å². The van der Waals surface area contributed by atoms with Crippen molar-refractivity contribution in [1.82, 2.24) is 24.3 Å². The lowest BCUT2D eigenvalue weighted by atomic mass is 9.84. The van der Waals surface area contributed by atoms with Crippen molar-refractivity contribution in [3.8, 4) is 5.69 Å². The number of pyridine rings is 1. The van der Waals surface area contributed by atoms with E-state index in [1.807, 2.05) is 58.4 Å². The Hall–Kier alpha value is -3.77. The molecule has 1 saturated heterocycles. The number of nitrogens with zero attached hydrogens (tertiary/aromatic N) is 5. The van der Waals surface area contributed by atoms with Gasteiger partial charge in [-0.15, -0.1) is 0 Å². The zero-order valence-corrected chi connectivity index (χ0v) is 20.8. The lowest BCUT2D eigenvalue weighted by Crippen LogP contribution is -2.46. The fraction of sp³-hybridized carbons (Fsp3) is 0.300. The molecule has 1 unspecified atom stereocenters. The summed E-state index contributed by atoms with van der Waals surface area (Å²) < 4.78 is 1.94. The van der Waals surface area contributed by atoms with Gasteiger partial charge in [-0.2, -0.15) is 0 Å². The van der Waals surface area contributed by atoms with Gasteiger partial charge in [0, 0.05) is 61.7 Å². The monoisotopic (exact) mass is 479 g/mol. The summed E-state index contributed by atoms with van der Waals surface area (Å²) in [6.07, 6.45) is 12.2. The summed E-state index contributed by atoms with van der Waals surface area (Å²) in [5.74, 6) is 0.647. The first kappa shape index (κ1) is 23.9. The third-order valence-electron chi connectivity index (χ3n) is 7.30. The maximum atomic E-state index is 13.2. The first-order chi connectivity index (χ1) is 17.7. The van der Waals surface area contributed by atoms with E-state index in [-0.39, 0.29) is 5.91 Å². The van der Waals surface area contributed by atoms with Crippen molar-refractivity contribution in [1.29, 1.82) is 0 Å². The molecular weight excluding hydrogens is 446 g/mol. The van der Waals surface area contributed by atoms with Crippen molar-refractivity contribution in [3.05, 3.63) is 115 Å². The Bertz CT molecular complexity index is 1220. The Morgan fingerprint density at radius 1 is 0.944 bits per heavy atom. The van der Waals surface area contributed by atoms with Gasteiger partial charge in [0.2, 0.25) is 0 Å². The summed E-state index contributed by atoms with van der Waals surface area (Å²) in [7, 11) is 2.22. The van der Waals surface area contributed by atoms with Crippen molar-refractivity contribution in [2.24, 2.45) is 5.92 Å². The smallest absolute Gasteiger partial charge is 0.253 e. The number of carbonyl (C=O) groups excluding carboxylic acids is 1. The molecule has 5 rings (SSSR count). The number of imidazole rings is 1. The molecule has 1 fully saturated rings. The summed E-state index contributed by atoms with van der Waals surface area (Å²) in [6, 6.07) is 23.1. The summed E-state index contributed by atoms with van der Waals surface area (Å²) in [6.45, 7) is 2.45. The van der Waals surface area contributed by atoms with Gasteiger partial charge in [0.1, 0.15) is 0 Å². The highest BCUT2D eigenvalue weighted by Crippen LogP contribution is 2.28. The molecule has 0 saturated carbocycles. The Morgan fingerprint density at radius 3 is 2.36 bits per heavy atom. The van der Waals surface area contributed by atoms with Crippen LogP contribution in [0.15, 0.2) is 97.8 Å². The minimum absolute atomic E-state index is 0.119. The van der Waals surface area contributed by atoms with Crippen LogP contribution < -0.4 is 0 Å². The van der Waals surface area contributed by atoms with Crippen LogP contribution in [-0.2, 0) is 13.0 Å². The van der Waals surface area contributed by atoms with E-state index in [0.29, 0.717) is 12.0 Å². The second-order valence-corrected chi connectivity index (χ2v) is 9.68. The molecule has 1 aliphatic rings. The third-order valence-corrected chi connectivity index (χ3v) is 7.30. The van der Waals surface area contributed by atoms with E-state index >= 15 is 0 Å². The highest BCUT2D eigenvalue weighted by Gasteiger charge is 2.31. The molecule has 0 radical (unpaired) electrons. The van der Waals surface area contributed by atoms with Crippen LogP contribution in [0.25, 0.3) is 5.69 Å². The predicted octanol–water partition coefficient (Wildman–Crippen LogP) is 4.86. The highest BCUT2D eigenvalue weighted by molar-refractivity contribution is 5.94. The minimum Gasteiger partial charge on any atom is -0.339 e. The van der Waals surface area contributed by atoms with E-state index < -0.39 is 0 Å². The van der Waals surface area contributed by atoms with E-state index in [1.165, 1.54) is 11.1 Å². The molecule has 3 heterocycles. The lowest BCUT2D eigenvalue weighted by Gasteiger charge is -2.40. The molecule has 4 aromatic rings. The average molecular weight is 480 g/mol. The SMILES string of the molecule is CN(Cc1cccnc1)C(Cc1ccccc1)C1CCN(C(=O)c2ccc(-n3ccnc3)cc2)CC1. The van der Waals surface area contributed by atoms with Gasteiger partial charge < -0.3 is 9.47 Å². The molecule has 0 spiro atoms. The number of hydrogen-bond donors (Lipinski definition) is 0. The van der Waals surface area contributed by atoms with Crippen LogP contribution >= 0.6 is 0 Å². The van der Waals surface area contributed by atoms with Gasteiger partial charge in [-0.3, -0.25) is 14.7 Å². The van der Waals surface area contributed by atoms with Gasteiger partial charge in [-0.05, 0) is 73.7 Å². The number of benzene rings is 2. The van der Waals surface area contributed by atoms with Crippen molar-refractivity contribution in [2.45, 2.75) is 31.8 Å². The van der Waals surface area contributed by atoms with Gasteiger partial charge in [-0.1, -0.05) is 36.4 Å². The van der Waals surface area contributed by atoms with Crippen LogP contribution in [0.4, 0.5) is 0 Å². The molecule has 1 aliphatic heterocycles. The predicted molar refractivity (Wildman–Crippen MR) is 142 cm³/mol. The summed E-state index contributed by atoms with van der Waals surface area (Å²) in [4.78, 5) is 26.1. The fourth-order valence-electron chi connectivity index (χ4n) is 5.29. The molecule has 36 heavy (non-hydrogen) atoms. The fourth-order valence-corrected chi connectivity index (χ4v) is 5.29. The van der Waals surface area contributed by atoms with Crippen LogP contribution in [-0.4, -0.2) is 56.4 Å². The van der Waals surface area contributed by atoms with Gasteiger partial charge in [0.15, 0.2) is 0 Å². The molecule has 2 aromatic carbocycles. The minimum atomic E-state index is 0.119. The number of likely N-dealkylation sites (N-methyl/N-ethyl adjacent to an activating group) is 1. The molecule has 0 bridgehead atoms. The lowest BCUT2D eigenvalue weighted by molar-refractivity contribution is 0.0603. The van der Waals surface area contributed by atoms with E-state index in [4.69, 9.17) is 0 Å². The van der Waals surface area contributed by atoms with Crippen LogP contribution in [0.1, 0.15) is 34.3 Å². The summed E-state index contributed by atoms with van der Waals surface area (Å²) in [5.41, 5.74) is 4.33. The van der Waals surface area contributed by atoms with Crippen molar-refractivity contribution in [2.75, 3.05) is 20.1 Å². The Morgan fingerprint density at radius 2 is 1.69 bits per heavy atom. The zero-order valence-electron chi connectivity index (χ0n) is 20.8. The maximum absolute atomic E-state index is 13.2. The molecule has 2 aromatic heterocycles. The van der Waals surface area contributed by atoms with Crippen LogP contribution in [0.2, 0.25) is 0 Å². The summed E-state index contributed by atoms with van der Waals surface area (Å²) >= 11 is 0. The molecule has 6 nitrogen and oxygen atoms in total. The molecular formula is C30H33N5O. The summed E-state index contributed by atoms with van der Waals surface area (Å²) in [5, 5.41) is 0. The van der Waals surface area contributed by atoms with E-state index in [0.717, 1.165) is 50.1 Å². The number of aromatic nitrogens is 3. The van der Waals surface area contributed by atoms with Crippen molar-refractivity contribution < 1.29 is 4.79 Å².